The van der Waals surface area contributed by atoms with E-state index in [9.17, 15) is 4.79 Å². The lowest BCUT2D eigenvalue weighted by atomic mass is 10.1. The third-order valence-corrected chi connectivity index (χ3v) is 5.65. The summed E-state index contributed by atoms with van der Waals surface area (Å²) < 4.78 is 10.7. The van der Waals surface area contributed by atoms with Gasteiger partial charge in [0.15, 0.2) is 5.96 Å². The topological polar surface area (TPSA) is 66.4 Å². The summed E-state index contributed by atoms with van der Waals surface area (Å²) in [6.45, 7) is 9.20. The van der Waals surface area contributed by atoms with Crippen molar-refractivity contribution in [1.82, 2.24) is 15.1 Å². The number of nitrogens with zero attached hydrogens (tertiary/aromatic N) is 3. The molecule has 2 heterocycles. The molecular weight excluding hydrogens is 507 g/mol. The molecule has 1 unspecified atom stereocenters. The van der Waals surface area contributed by atoms with Crippen molar-refractivity contribution in [3.63, 3.8) is 0 Å². The van der Waals surface area contributed by atoms with Crippen LogP contribution in [0.5, 0.6) is 0 Å². The van der Waals surface area contributed by atoms with Crippen molar-refractivity contribution in [2.45, 2.75) is 39.3 Å². The molecule has 1 aromatic rings. The number of hydrogen-bond acceptors (Lipinski definition) is 4. The Morgan fingerprint density at radius 1 is 1.26 bits per heavy atom. The number of amides is 1. The summed E-state index contributed by atoms with van der Waals surface area (Å²) in [5.41, 5.74) is 2.35. The summed E-state index contributed by atoms with van der Waals surface area (Å²) >= 11 is 0. The molecule has 2 aliphatic rings. The van der Waals surface area contributed by atoms with Gasteiger partial charge in [-0.3, -0.25) is 4.79 Å². The van der Waals surface area contributed by atoms with Crippen molar-refractivity contribution in [3.8, 4) is 0 Å². The third kappa shape index (κ3) is 8.23. The van der Waals surface area contributed by atoms with Gasteiger partial charge in [-0.2, -0.15) is 0 Å². The van der Waals surface area contributed by atoms with Crippen molar-refractivity contribution in [3.05, 3.63) is 35.4 Å². The zero-order valence-electron chi connectivity index (χ0n) is 18.8. The van der Waals surface area contributed by atoms with E-state index in [4.69, 9.17) is 14.5 Å². The Balaban J connectivity index is 0.00000341. The molecule has 7 nitrogen and oxygen atoms in total. The van der Waals surface area contributed by atoms with Gasteiger partial charge in [0.2, 0.25) is 5.91 Å². The standard InChI is InChI=1S/C23H36N4O3.HI/c1-3-24-23(27-11-9-21(17-27)18-30-13-12-29-2)25-15-19-6-4-7-20(14-19)16-26-10-5-8-22(26)28;/h4,6-7,14,21H,3,5,8-13,15-18H2,1-2H3,(H,24,25);1H. The molecule has 2 saturated heterocycles. The largest absolute Gasteiger partial charge is 0.382 e. The number of ether oxygens (including phenoxy) is 2. The number of guanidine groups is 1. The zero-order valence-corrected chi connectivity index (χ0v) is 21.2. The van der Waals surface area contributed by atoms with Gasteiger partial charge >= 0.3 is 0 Å². The molecule has 0 aliphatic carbocycles. The Bertz CT molecular complexity index is 716. The van der Waals surface area contributed by atoms with E-state index in [-0.39, 0.29) is 29.9 Å². The summed E-state index contributed by atoms with van der Waals surface area (Å²) in [5.74, 6) is 1.77. The van der Waals surface area contributed by atoms with Gasteiger partial charge in [0, 0.05) is 52.2 Å². The van der Waals surface area contributed by atoms with Crippen molar-refractivity contribution in [2.75, 3.05) is 53.1 Å². The molecule has 2 fully saturated rings. The highest BCUT2D eigenvalue weighted by molar-refractivity contribution is 14.0. The maximum atomic E-state index is 11.9. The molecule has 1 amide bonds. The van der Waals surface area contributed by atoms with Gasteiger partial charge in [-0.15, -0.1) is 24.0 Å². The highest BCUT2D eigenvalue weighted by atomic mass is 127. The van der Waals surface area contributed by atoms with Crippen LogP contribution in [0, 0.1) is 5.92 Å². The van der Waals surface area contributed by atoms with Gasteiger partial charge in [-0.25, -0.2) is 4.99 Å². The van der Waals surface area contributed by atoms with E-state index < -0.39 is 0 Å². The second-order valence-corrected chi connectivity index (χ2v) is 8.08. The molecule has 0 saturated carbocycles. The van der Waals surface area contributed by atoms with Crippen LogP contribution < -0.4 is 5.32 Å². The molecule has 1 atom stereocenters. The highest BCUT2D eigenvalue weighted by Crippen LogP contribution is 2.18. The van der Waals surface area contributed by atoms with Crippen molar-refractivity contribution in [2.24, 2.45) is 10.9 Å². The summed E-state index contributed by atoms with van der Waals surface area (Å²) in [5, 5.41) is 3.43. The number of methoxy groups -OCH3 is 1. The van der Waals surface area contributed by atoms with E-state index >= 15 is 0 Å². The van der Waals surface area contributed by atoms with Crippen LogP contribution in [0.15, 0.2) is 29.3 Å². The average molecular weight is 544 g/mol. The minimum atomic E-state index is 0. The molecule has 1 N–H and O–H groups in total. The van der Waals surface area contributed by atoms with Gasteiger partial charge in [-0.1, -0.05) is 24.3 Å². The monoisotopic (exact) mass is 544 g/mol. The lowest BCUT2D eigenvalue weighted by Gasteiger charge is -2.22. The smallest absolute Gasteiger partial charge is 0.222 e. The first kappa shape index (κ1) is 25.9. The lowest BCUT2D eigenvalue weighted by Crippen LogP contribution is -2.40. The van der Waals surface area contributed by atoms with Crippen LogP contribution >= 0.6 is 24.0 Å². The molecule has 0 aromatic heterocycles. The van der Waals surface area contributed by atoms with E-state index in [0.717, 1.165) is 51.6 Å². The number of rotatable bonds is 10. The molecule has 0 radical (unpaired) electrons. The summed E-state index contributed by atoms with van der Waals surface area (Å²) in [7, 11) is 1.70. The highest BCUT2D eigenvalue weighted by Gasteiger charge is 2.25. The zero-order chi connectivity index (χ0) is 21.2. The van der Waals surface area contributed by atoms with Crippen LogP contribution in [0.2, 0.25) is 0 Å². The lowest BCUT2D eigenvalue weighted by molar-refractivity contribution is -0.128. The number of hydrogen-bond donors (Lipinski definition) is 1. The van der Waals surface area contributed by atoms with Crippen LogP contribution in [0.1, 0.15) is 37.3 Å². The molecule has 174 valence electrons. The van der Waals surface area contributed by atoms with Crippen LogP contribution in [-0.2, 0) is 27.4 Å². The summed E-state index contributed by atoms with van der Waals surface area (Å²) in [6.07, 6.45) is 2.78. The second kappa shape index (κ2) is 13.9. The van der Waals surface area contributed by atoms with Crippen molar-refractivity contribution < 1.29 is 14.3 Å². The number of carbonyl (C=O) groups excluding carboxylic acids is 1. The van der Waals surface area contributed by atoms with E-state index in [1.165, 1.54) is 11.1 Å². The fourth-order valence-corrected chi connectivity index (χ4v) is 4.06. The first-order chi connectivity index (χ1) is 14.7. The van der Waals surface area contributed by atoms with E-state index in [2.05, 4.69) is 41.4 Å². The third-order valence-electron chi connectivity index (χ3n) is 5.65. The minimum Gasteiger partial charge on any atom is -0.382 e. The Kier molecular flexibility index (Phi) is 11.6. The average Bonchev–Trinajstić information content (AvgIpc) is 3.38. The first-order valence-corrected chi connectivity index (χ1v) is 11.1. The maximum Gasteiger partial charge on any atom is 0.222 e. The predicted octanol–water partition coefficient (Wildman–Crippen LogP) is 2.88. The van der Waals surface area contributed by atoms with Crippen LogP contribution in [0.25, 0.3) is 0 Å². The molecule has 2 aliphatic heterocycles. The van der Waals surface area contributed by atoms with Gasteiger partial charge in [0.05, 0.1) is 26.4 Å². The molecule has 3 rings (SSSR count). The van der Waals surface area contributed by atoms with Crippen LogP contribution in [0.4, 0.5) is 0 Å². The molecule has 0 bridgehead atoms. The first-order valence-electron chi connectivity index (χ1n) is 11.1. The number of carbonyl (C=O) groups is 1. The Morgan fingerprint density at radius 2 is 2.10 bits per heavy atom. The second-order valence-electron chi connectivity index (χ2n) is 8.08. The number of benzene rings is 1. The van der Waals surface area contributed by atoms with E-state index in [0.29, 0.717) is 38.6 Å². The molecule has 31 heavy (non-hydrogen) atoms. The van der Waals surface area contributed by atoms with E-state index in [1.54, 1.807) is 7.11 Å². The van der Waals surface area contributed by atoms with Crippen molar-refractivity contribution >= 4 is 35.8 Å². The number of nitrogens with one attached hydrogen (secondary N) is 1. The van der Waals surface area contributed by atoms with Gasteiger partial charge in [0.25, 0.3) is 0 Å². The normalized spacial score (nSPS) is 19.1. The van der Waals surface area contributed by atoms with Gasteiger partial charge < -0.3 is 24.6 Å². The SMILES string of the molecule is CCNC(=NCc1cccc(CN2CCCC2=O)c1)N1CCC(COCCOC)C1.I. The number of halogens is 1. The molecule has 1 aromatic carbocycles. The van der Waals surface area contributed by atoms with E-state index in [1.807, 2.05) is 4.90 Å². The Labute approximate surface area is 203 Å². The van der Waals surface area contributed by atoms with Crippen LogP contribution in [-0.4, -0.2) is 74.8 Å². The van der Waals surface area contributed by atoms with Crippen LogP contribution in [0.3, 0.4) is 0 Å². The maximum absolute atomic E-state index is 11.9. The quantitative estimate of drug-likeness (QED) is 0.213. The molecule has 8 heteroatoms. The fraction of sp³-hybridized carbons (Fsp3) is 0.652. The van der Waals surface area contributed by atoms with Gasteiger partial charge in [-0.05, 0) is 30.9 Å². The number of likely N-dealkylation sites (tertiary alicyclic amines) is 2. The summed E-state index contributed by atoms with van der Waals surface area (Å²) in [4.78, 5) is 21.1. The summed E-state index contributed by atoms with van der Waals surface area (Å²) in [6, 6.07) is 8.45. The molecular formula is C23H37IN4O3. The number of aliphatic imine (C=N–C) groups is 1. The Hall–Kier alpha value is -1.39. The minimum absolute atomic E-state index is 0. The van der Waals surface area contributed by atoms with Gasteiger partial charge in [0.1, 0.15) is 0 Å². The fourth-order valence-electron chi connectivity index (χ4n) is 4.06. The molecule has 0 spiro atoms. The van der Waals surface area contributed by atoms with Crippen molar-refractivity contribution in [1.29, 1.82) is 0 Å². The predicted molar refractivity (Wildman–Crippen MR) is 134 cm³/mol. The Morgan fingerprint density at radius 3 is 2.84 bits per heavy atom.